The van der Waals surface area contributed by atoms with Crippen LogP contribution in [-0.4, -0.2) is 91.9 Å². The van der Waals surface area contributed by atoms with Gasteiger partial charge in [-0.3, -0.25) is 24.2 Å². The number of nitrogens with one attached hydrogen (secondary N) is 2. The lowest BCUT2D eigenvalue weighted by molar-refractivity contribution is -0.111. The molecular formula is C43H53N9O5. The van der Waals surface area contributed by atoms with Crippen molar-refractivity contribution < 1.29 is 19.4 Å². The Kier molecular flexibility index (Phi) is 10.3. The number of rotatable bonds is 9. The topological polar surface area (TPSA) is 150 Å². The van der Waals surface area contributed by atoms with E-state index in [1.807, 2.05) is 24.3 Å². The second-order valence-electron chi connectivity index (χ2n) is 16.8. The van der Waals surface area contributed by atoms with Gasteiger partial charge in [0.1, 0.15) is 11.5 Å². The van der Waals surface area contributed by atoms with Crippen molar-refractivity contribution in [2.45, 2.75) is 84.7 Å². The van der Waals surface area contributed by atoms with Gasteiger partial charge in [-0.2, -0.15) is 0 Å². The van der Waals surface area contributed by atoms with E-state index in [9.17, 15) is 19.5 Å². The zero-order valence-corrected chi connectivity index (χ0v) is 33.5. The summed E-state index contributed by atoms with van der Waals surface area (Å²) in [5, 5.41) is 17.0. The Morgan fingerprint density at radius 3 is 2.68 bits per heavy atom. The fourth-order valence-electron chi connectivity index (χ4n) is 9.31. The Bertz CT molecular complexity index is 2300. The van der Waals surface area contributed by atoms with E-state index in [0.29, 0.717) is 58.8 Å². The van der Waals surface area contributed by atoms with Crippen molar-refractivity contribution >= 4 is 40.5 Å². The molecule has 6 heterocycles. The lowest BCUT2D eigenvalue weighted by Crippen LogP contribution is -2.56. The summed E-state index contributed by atoms with van der Waals surface area (Å²) in [5.41, 5.74) is 6.34. The van der Waals surface area contributed by atoms with E-state index in [0.717, 1.165) is 57.6 Å². The molecule has 4 aromatic rings. The van der Waals surface area contributed by atoms with E-state index in [2.05, 4.69) is 64.3 Å². The fourth-order valence-corrected chi connectivity index (χ4v) is 9.31. The van der Waals surface area contributed by atoms with Gasteiger partial charge in [0, 0.05) is 93.4 Å². The monoisotopic (exact) mass is 775 g/mol. The number of benzene rings is 1. The smallest absolute Gasteiger partial charge is 0.293 e. The first-order valence-electron chi connectivity index (χ1n) is 20.0. The Morgan fingerprint density at radius 1 is 1.11 bits per heavy atom. The number of carbonyl (C=O) groups excluding carboxylic acids is 2. The Labute approximate surface area is 333 Å². The van der Waals surface area contributed by atoms with Crippen LogP contribution in [0.25, 0.3) is 11.3 Å². The molecule has 4 aliphatic rings. The fraction of sp³-hybridized carbons (Fsp3) is 0.465. The van der Waals surface area contributed by atoms with Crippen molar-refractivity contribution in [3.63, 3.8) is 0 Å². The minimum atomic E-state index is -0.393. The lowest BCUT2D eigenvalue weighted by Gasteiger charge is -2.46. The van der Waals surface area contributed by atoms with E-state index >= 15 is 0 Å². The summed E-state index contributed by atoms with van der Waals surface area (Å²) >= 11 is 0. The molecular weight excluding hydrogens is 723 g/mol. The number of aryl methyl sites for hydroxylation is 1. The quantitative estimate of drug-likeness (QED) is 0.201. The third-order valence-corrected chi connectivity index (χ3v) is 12.1. The van der Waals surface area contributed by atoms with Gasteiger partial charge in [0.25, 0.3) is 11.5 Å². The van der Waals surface area contributed by atoms with Gasteiger partial charge in [0.05, 0.1) is 29.8 Å². The number of fused-ring (bicyclic) bond motifs is 3. The van der Waals surface area contributed by atoms with Crippen LogP contribution in [0, 0.1) is 5.41 Å². The van der Waals surface area contributed by atoms with Crippen molar-refractivity contribution in [1.29, 1.82) is 0 Å². The molecule has 0 radical (unpaired) electrons. The van der Waals surface area contributed by atoms with Gasteiger partial charge in [-0.1, -0.05) is 20.4 Å². The normalized spacial score (nSPS) is 21.9. The highest BCUT2D eigenvalue weighted by atomic mass is 16.5. The van der Waals surface area contributed by atoms with Crippen molar-refractivity contribution in [3.8, 4) is 11.3 Å². The number of anilines is 5. The highest BCUT2D eigenvalue weighted by Crippen LogP contribution is 2.40. The molecule has 1 aromatic carbocycles. The molecule has 0 bridgehead atoms. The first-order valence-corrected chi connectivity index (χ1v) is 20.0. The molecule has 0 spiro atoms. The second-order valence-corrected chi connectivity index (χ2v) is 16.8. The zero-order chi connectivity index (χ0) is 40.2. The van der Waals surface area contributed by atoms with Crippen molar-refractivity contribution in [2.75, 3.05) is 53.2 Å². The summed E-state index contributed by atoms with van der Waals surface area (Å²) in [6.07, 6.45) is 8.64. The third kappa shape index (κ3) is 7.37. The molecule has 2 saturated heterocycles. The van der Waals surface area contributed by atoms with Gasteiger partial charge < -0.3 is 34.5 Å². The molecule has 14 heteroatoms. The third-order valence-electron chi connectivity index (χ3n) is 12.1. The number of carbonyl (C=O) groups is 2. The summed E-state index contributed by atoms with van der Waals surface area (Å²) in [7, 11) is 1.64. The van der Waals surface area contributed by atoms with Gasteiger partial charge in [-0.25, -0.2) is 9.97 Å². The number of ether oxygens (including phenoxy) is 1. The molecule has 3 atom stereocenters. The van der Waals surface area contributed by atoms with Crippen LogP contribution in [0.15, 0.2) is 60.2 Å². The Balaban J connectivity index is 1.06. The minimum absolute atomic E-state index is 0.0583. The van der Waals surface area contributed by atoms with Crippen LogP contribution in [0.1, 0.15) is 67.8 Å². The van der Waals surface area contributed by atoms with Gasteiger partial charge >= 0.3 is 0 Å². The molecule has 3 aliphatic heterocycles. The summed E-state index contributed by atoms with van der Waals surface area (Å²) in [4.78, 5) is 56.1. The SMILES string of the molecule is C=CC(=O)Nc1cc(Nc2nc(-c3ccnc(N4CCn5c(cc6c5CC(C)(C)C6)C4=O)c3CO)cn(C)c2=O)ccc1N1CCN([C@@H]2CCO[C@@H](C)C2)C[C@@H]1C. The lowest BCUT2D eigenvalue weighted by atomic mass is 9.90. The van der Waals surface area contributed by atoms with Crippen LogP contribution < -0.4 is 26.0 Å². The molecule has 2 fully saturated rings. The van der Waals surface area contributed by atoms with Crippen molar-refractivity contribution in [1.82, 2.24) is 24.0 Å². The number of aliphatic hydroxyl groups excluding tert-OH is 1. The number of piperazine rings is 1. The summed E-state index contributed by atoms with van der Waals surface area (Å²) in [6, 6.07) is 10.1. The number of nitrogens with zero attached hydrogens (tertiary/aromatic N) is 7. The van der Waals surface area contributed by atoms with Crippen LogP contribution >= 0.6 is 0 Å². The Morgan fingerprint density at radius 2 is 1.93 bits per heavy atom. The molecule has 0 unspecified atom stereocenters. The van der Waals surface area contributed by atoms with Gasteiger partial charge in [0.15, 0.2) is 5.82 Å². The predicted octanol–water partition coefficient (Wildman–Crippen LogP) is 4.87. The van der Waals surface area contributed by atoms with E-state index in [1.54, 1.807) is 30.4 Å². The summed E-state index contributed by atoms with van der Waals surface area (Å²) < 4.78 is 9.38. The van der Waals surface area contributed by atoms with E-state index in [1.165, 1.54) is 21.9 Å². The molecule has 57 heavy (non-hydrogen) atoms. The van der Waals surface area contributed by atoms with Crippen molar-refractivity contribution in [3.05, 3.63) is 88.2 Å². The molecule has 300 valence electrons. The molecule has 0 saturated carbocycles. The van der Waals surface area contributed by atoms with Gasteiger partial charge in [0.2, 0.25) is 5.91 Å². The van der Waals surface area contributed by atoms with Crippen LogP contribution in [0.2, 0.25) is 0 Å². The molecule has 3 aromatic heterocycles. The predicted molar refractivity (Wildman–Crippen MR) is 221 cm³/mol. The van der Waals surface area contributed by atoms with Gasteiger partial charge in [-0.05, 0) is 86.9 Å². The summed E-state index contributed by atoms with van der Waals surface area (Å²) in [6.45, 7) is 16.5. The number of aliphatic hydroxyl groups is 1. The highest BCUT2D eigenvalue weighted by Gasteiger charge is 2.38. The largest absolute Gasteiger partial charge is 0.392 e. The number of hydrogen-bond acceptors (Lipinski definition) is 10. The molecule has 14 nitrogen and oxygen atoms in total. The highest BCUT2D eigenvalue weighted by molar-refractivity contribution is 6.06. The van der Waals surface area contributed by atoms with E-state index < -0.39 is 6.61 Å². The van der Waals surface area contributed by atoms with Gasteiger partial charge in [-0.15, -0.1) is 0 Å². The minimum Gasteiger partial charge on any atom is -0.392 e. The second kappa shape index (κ2) is 15.2. The maximum Gasteiger partial charge on any atom is 0.293 e. The van der Waals surface area contributed by atoms with Crippen LogP contribution in [0.3, 0.4) is 0 Å². The Hall–Kier alpha value is -5.31. The average Bonchev–Trinajstić information content (AvgIpc) is 3.68. The van der Waals surface area contributed by atoms with Crippen LogP contribution in [-0.2, 0) is 42.6 Å². The first kappa shape index (κ1) is 38.6. The maximum absolute atomic E-state index is 14.0. The molecule has 8 rings (SSSR count). The number of hydrogen-bond donors (Lipinski definition) is 3. The number of pyridine rings is 1. The van der Waals surface area contributed by atoms with E-state index in [4.69, 9.17) is 9.72 Å². The standard InChI is InChI=1S/C43H53N9O5/c1-7-38(54)46-33-20-29(8-9-35(33)50-14-13-49(23-26(50)2)30-11-17-57-27(3)18-30)45-39-42(56)48(6)24-34(47-39)31-10-12-44-40(32(31)25-53)52-16-15-51-36(41(52)55)19-28-21-43(4,5)22-37(28)51/h7-10,12,19-20,24,26-27,30,53H,1,11,13-18,21-23,25H2,2-6H3,(H,45,47)(H,46,54)/t26-,27-,30+/m0/s1. The first-order chi connectivity index (χ1) is 27.3. The summed E-state index contributed by atoms with van der Waals surface area (Å²) in [5.74, 6) is -0.0707. The number of amides is 2. The zero-order valence-electron chi connectivity index (χ0n) is 33.5. The molecule has 1 aliphatic carbocycles. The average molecular weight is 776 g/mol. The molecule has 3 N–H and O–H groups in total. The molecule has 2 amide bonds. The van der Waals surface area contributed by atoms with E-state index in [-0.39, 0.29) is 40.8 Å². The van der Waals surface area contributed by atoms with Crippen LogP contribution in [0.4, 0.5) is 28.7 Å². The number of aromatic nitrogens is 4. The van der Waals surface area contributed by atoms with Crippen LogP contribution in [0.5, 0.6) is 0 Å². The van der Waals surface area contributed by atoms with Crippen molar-refractivity contribution in [2.24, 2.45) is 12.5 Å². The maximum atomic E-state index is 14.0.